The molecule has 35 heavy (non-hydrogen) atoms. The number of aliphatic carboxylic acids is 1. The zero-order valence-corrected chi connectivity index (χ0v) is 20.5. The van der Waals surface area contributed by atoms with Gasteiger partial charge in [-0.05, 0) is 38.6 Å². The summed E-state index contributed by atoms with van der Waals surface area (Å²) >= 11 is 0. The second-order valence-corrected chi connectivity index (χ2v) is 8.99. The predicted octanol–water partition coefficient (Wildman–Crippen LogP) is -1.63. The van der Waals surface area contributed by atoms with Gasteiger partial charge in [0.15, 0.2) is 0 Å². The van der Waals surface area contributed by atoms with Gasteiger partial charge in [0.05, 0.1) is 18.5 Å². The lowest BCUT2D eigenvalue weighted by atomic mass is 10.0. The van der Waals surface area contributed by atoms with Gasteiger partial charge in [-0.25, -0.2) is 9.78 Å². The van der Waals surface area contributed by atoms with E-state index in [0.717, 1.165) is 6.42 Å². The van der Waals surface area contributed by atoms with Crippen molar-refractivity contribution in [3.63, 3.8) is 0 Å². The van der Waals surface area contributed by atoms with E-state index in [4.69, 9.17) is 11.5 Å². The maximum atomic E-state index is 13.0. The summed E-state index contributed by atoms with van der Waals surface area (Å²) in [5.41, 5.74) is 11.9. The van der Waals surface area contributed by atoms with Gasteiger partial charge in [-0.15, -0.1) is 0 Å². The number of nitrogens with one attached hydrogen (secondary N) is 4. The summed E-state index contributed by atoms with van der Waals surface area (Å²) in [5, 5.41) is 27.0. The van der Waals surface area contributed by atoms with Gasteiger partial charge >= 0.3 is 5.97 Å². The Hall–Kier alpha value is -3.03. The monoisotopic (exact) mass is 497 g/mol. The number of nitrogens with two attached hydrogens (primary N) is 2. The van der Waals surface area contributed by atoms with Crippen LogP contribution < -0.4 is 27.4 Å². The Bertz CT molecular complexity index is 815. The van der Waals surface area contributed by atoms with Crippen LogP contribution in [-0.2, 0) is 25.6 Å². The molecule has 0 aliphatic heterocycles. The van der Waals surface area contributed by atoms with E-state index >= 15 is 0 Å². The molecule has 0 spiro atoms. The second kappa shape index (κ2) is 15.1. The molecule has 0 saturated heterocycles. The molecule has 10 N–H and O–H groups in total. The Balaban J connectivity index is 2.88. The Labute approximate surface area is 204 Å². The molecule has 0 aliphatic rings. The Morgan fingerprint density at radius 2 is 1.69 bits per heavy atom. The zero-order valence-electron chi connectivity index (χ0n) is 20.5. The standard InChI is InChI=1S/C22H39N7O6/c1-12(2)8-16(27-19(31)15(24)6-4-5-7-23)20(32)29-18(13(3)30)21(33)28-17(22(34)35)9-14-10-25-11-26-14/h10-13,15-18,30H,4-9,23-24H2,1-3H3,(H,25,26)(H,27,31)(H,28,33)(H,29,32)(H,34,35). The largest absolute Gasteiger partial charge is 0.480 e. The number of aliphatic hydroxyl groups excluding tert-OH is 1. The van der Waals surface area contributed by atoms with Gasteiger partial charge in [0, 0.05) is 18.3 Å². The predicted molar refractivity (Wildman–Crippen MR) is 128 cm³/mol. The van der Waals surface area contributed by atoms with Gasteiger partial charge in [0.1, 0.15) is 18.1 Å². The van der Waals surface area contributed by atoms with Gasteiger partial charge in [0.2, 0.25) is 17.7 Å². The van der Waals surface area contributed by atoms with Crippen LogP contribution in [-0.4, -0.2) is 80.7 Å². The van der Waals surface area contributed by atoms with Crippen LogP contribution in [0.1, 0.15) is 52.1 Å². The van der Waals surface area contributed by atoms with Crippen molar-refractivity contribution in [2.75, 3.05) is 6.54 Å². The summed E-state index contributed by atoms with van der Waals surface area (Å²) in [5.74, 6) is -3.36. The van der Waals surface area contributed by atoms with Crippen molar-refractivity contribution in [2.24, 2.45) is 17.4 Å². The topological polar surface area (TPSA) is 226 Å². The van der Waals surface area contributed by atoms with Crippen LogP contribution in [0.5, 0.6) is 0 Å². The van der Waals surface area contributed by atoms with Crippen LogP contribution in [0.3, 0.4) is 0 Å². The number of aromatic nitrogens is 2. The number of aliphatic hydroxyl groups is 1. The van der Waals surface area contributed by atoms with Crippen LogP contribution in [0.2, 0.25) is 0 Å². The third-order valence-electron chi connectivity index (χ3n) is 5.30. The van der Waals surface area contributed by atoms with E-state index in [2.05, 4.69) is 25.9 Å². The zero-order chi connectivity index (χ0) is 26.5. The number of hydrogen-bond acceptors (Lipinski definition) is 8. The number of carbonyl (C=O) groups is 4. The van der Waals surface area contributed by atoms with E-state index in [1.54, 1.807) is 0 Å². The summed E-state index contributed by atoms with van der Waals surface area (Å²) in [6.07, 6.45) is 3.45. The molecule has 0 aliphatic carbocycles. The number of H-pyrrole nitrogens is 1. The first-order chi connectivity index (χ1) is 16.5. The van der Waals surface area contributed by atoms with Crippen LogP contribution in [0.4, 0.5) is 0 Å². The van der Waals surface area contributed by atoms with E-state index in [1.807, 2.05) is 13.8 Å². The van der Waals surface area contributed by atoms with Gasteiger partial charge in [-0.1, -0.05) is 20.3 Å². The first-order valence-electron chi connectivity index (χ1n) is 11.7. The number of carboxylic acids is 1. The smallest absolute Gasteiger partial charge is 0.326 e. The number of rotatable bonds is 16. The molecule has 3 amide bonds. The van der Waals surface area contributed by atoms with Crippen molar-refractivity contribution >= 4 is 23.7 Å². The van der Waals surface area contributed by atoms with Crippen molar-refractivity contribution in [1.29, 1.82) is 0 Å². The number of aromatic amines is 1. The lowest BCUT2D eigenvalue weighted by Gasteiger charge is -2.27. The van der Waals surface area contributed by atoms with Crippen molar-refractivity contribution in [3.05, 3.63) is 18.2 Å². The number of unbranched alkanes of at least 4 members (excludes halogenated alkanes) is 1. The number of carboxylic acid groups (broad SMARTS) is 1. The van der Waals surface area contributed by atoms with Crippen LogP contribution in [0.25, 0.3) is 0 Å². The average molecular weight is 498 g/mol. The third-order valence-corrected chi connectivity index (χ3v) is 5.30. The highest BCUT2D eigenvalue weighted by Crippen LogP contribution is 2.08. The minimum Gasteiger partial charge on any atom is -0.480 e. The summed E-state index contributed by atoms with van der Waals surface area (Å²) in [6.45, 7) is 5.50. The van der Waals surface area contributed by atoms with Gasteiger partial charge in [-0.3, -0.25) is 14.4 Å². The molecule has 0 bridgehead atoms. The SMILES string of the molecule is CC(C)CC(NC(=O)C(N)CCCCN)C(=O)NC(C(=O)NC(Cc1cnc[nH]1)C(=O)O)C(C)O. The van der Waals surface area contributed by atoms with Crippen molar-refractivity contribution in [1.82, 2.24) is 25.9 Å². The van der Waals surface area contributed by atoms with Crippen LogP contribution in [0.15, 0.2) is 12.5 Å². The molecule has 5 atom stereocenters. The molecule has 13 heteroatoms. The fourth-order valence-electron chi connectivity index (χ4n) is 3.36. The number of imidazole rings is 1. The molecule has 1 heterocycles. The van der Waals surface area contributed by atoms with Crippen molar-refractivity contribution in [2.45, 2.75) is 83.1 Å². The maximum Gasteiger partial charge on any atom is 0.326 e. The second-order valence-electron chi connectivity index (χ2n) is 8.99. The molecule has 13 nitrogen and oxygen atoms in total. The normalized spacial score (nSPS) is 15.5. The fourth-order valence-corrected chi connectivity index (χ4v) is 3.36. The first kappa shape index (κ1) is 30.0. The molecule has 1 rings (SSSR count). The van der Waals surface area contributed by atoms with Crippen LogP contribution >= 0.6 is 0 Å². The molecule has 5 unspecified atom stereocenters. The Kier molecular flexibility index (Phi) is 12.9. The molecule has 0 fully saturated rings. The molecule has 198 valence electrons. The molecule has 0 saturated carbocycles. The Morgan fingerprint density at radius 1 is 1.03 bits per heavy atom. The summed E-state index contributed by atoms with van der Waals surface area (Å²) in [6, 6.07) is -4.59. The van der Waals surface area contributed by atoms with E-state index in [9.17, 15) is 29.4 Å². The molecule has 0 radical (unpaired) electrons. The molecular weight excluding hydrogens is 458 g/mol. The number of hydrogen-bond donors (Lipinski definition) is 8. The summed E-state index contributed by atoms with van der Waals surface area (Å²) in [4.78, 5) is 56.5. The van der Waals surface area contributed by atoms with Gasteiger partial charge < -0.3 is 42.6 Å². The third kappa shape index (κ3) is 10.8. The maximum absolute atomic E-state index is 13.0. The lowest BCUT2D eigenvalue weighted by Crippen LogP contribution is -2.60. The summed E-state index contributed by atoms with van der Waals surface area (Å²) in [7, 11) is 0. The molecular formula is C22H39N7O6. The molecule has 1 aromatic heterocycles. The van der Waals surface area contributed by atoms with Crippen molar-refractivity contribution in [3.8, 4) is 0 Å². The van der Waals surface area contributed by atoms with E-state index in [-0.39, 0.29) is 18.8 Å². The highest BCUT2D eigenvalue weighted by atomic mass is 16.4. The van der Waals surface area contributed by atoms with Gasteiger partial charge in [-0.2, -0.15) is 0 Å². The highest BCUT2D eigenvalue weighted by molar-refractivity contribution is 5.94. The quantitative estimate of drug-likeness (QED) is 0.123. The van der Waals surface area contributed by atoms with Crippen LogP contribution in [0, 0.1) is 5.92 Å². The molecule has 0 aromatic carbocycles. The average Bonchev–Trinajstić information content (AvgIpc) is 3.28. The van der Waals surface area contributed by atoms with Gasteiger partial charge in [0.25, 0.3) is 0 Å². The number of amides is 3. The minimum absolute atomic E-state index is 0.0177. The minimum atomic E-state index is -1.45. The number of carbonyl (C=O) groups excluding carboxylic acids is 3. The fraction of sp³-hybridized carbons (Fsp3) is 0.682. The lowest BCUT2D eigenvalue weighted by molar-refractivity contribution is -0.143. The highest BCUT2D eigenvalue weighted by Gasteiger charge is 2.33. The summed E-state index contributed by atoms with van der Waals surface area (Å²) < 4.78 is 0. The van der Waals surface area contributed by atoms with E-state index in [1.165, 1.54) is 19.4 Å². The van der Waals surface area contributed by atoms with E-state index < -0.39 is 54.0 Å². The van der Waals surface area contributed by atoms with E-state index in [0.29, 0.717) is 25.1 Å². The first-order valence-corrected chi connectivity index (χ1v) is 11.7. The Morgan fingerprint density at radius 3 is 2.20 bits per heavy atom. The molecule has 1 aromatic rings. The van der Waals surface area contributed by atoms with Crippen molar-refractivity contribution < 1.29 is 29.4 Å². The number of nitrogens with zero attached hydrogens (tertiary/aromatic N) is 1.